The molecule has 5 nitrogen and oxygen atoms in total. The van der Waals surface area contributed by atoms with Gasteiger partial charge < -0.3 is 14.8 Å². The van der Waals surface area contributed by atoms with Crippen molar-refractivity contribution in [3.63, 3.8) is 0 Å². The van der Waals surface area contributed by atoms with Gasteiger partial charge in [-0.15, -0.1) is 0 Å². The number of aryl methyl sites for hydroxylation is 1. The number of hydrogen-bond donors (Lipinski definition) is 2. The molecule has 0 spiro atoms. The van der Waals surface area contributed by atoms with E-state index in [0.717, 1.165) is 23.1 Å². The van der Waals surface area contributed by atoms with E-state index in [-0.39, 0.29) is 17.7 Å². The molecule has 2 aromatic rings. The van der Waals surface area contributed by atoms with Crippen molar-refractivity contribution in [1.82, 2.24) is 5.32 Å². The first-order valence-corrected chi connectivity index (χ1v) is 9.61. The van der Waals surface area contributed by atoms with Crippen LogP contribution in [0.1, 0.15) is 11.1 Å². The van der Waals surface area contributed by atoms with E-state index < -0.39 is 0 Å². The van der Waals surface area contributed by atoms with E-state index in [1.807, 2.05) is 31.2 Å². The number of para-hydroxylation sites is 1. The van der Waals surface area contributed by atoms with Crippen LogP contribution in [-0.4, -0.2) is 24.3 Å². The van der Waals surface area contributed by atoms with Crippen LogP contribution in [0, 0.1) is 12.3 Å². The van der Waals surface area contributed by atoms with Gasteiger partial charge in [-0.2, -0.15) is 0 Å². The van der Waals surface area contributed by atoms with Crippen LogP contribution in [0.2, 0.25) is 10.0 Å². The minimum atomic E-state index is -0.314. The van der Waals surface area contributed by atoms with Crippen molar-refractivity contribution < 1.29 is 14.3 Å². The molecule has 1 fully saturated rings. The fraction of sp³-hybridized carbons (Fsp3) is 0.158. The number of thioether (sulfide) groups is 1. The Morgan fingerprint density at radius 1 is 1.15 bits per heavy atom. The number of nitrogens with one attached hydrogen (secondary N) is 2. The van der Waals surface area contributed by atoms with Gasteiger partial charge in [0.05, 0.1) is 15.0 Å². The van der Waals surface area contributed by atoms with Gasteiger partial charge in [-0.3, -0.25) is 10.2 Å². The molecule has 140 valence electrons. The van der Waals surface area contributed by atoms with Crippen molar-refractivity contribution in [3.8, 4) is 11.5 Å². The zero-order chi connectivity index (χ0) is 19.4. The molecule has 0 aromatic heterocycles. The van der Waals surface area contributed by atoms with Gasteiger partial charge >= 0.3 is 0 Å². The third-order valence-corrected chi connectivity index (χ3v) is 5.05. The van der Waals surface area contributed by atoms with E-state index >= 15 is 0 Å². The van der Waals surface area contributed by atoms with Crippen molar-refractivity contribution >= 4 is 52.1 Å². The van der Waals surface area contributed by atoms with E-state index in [9.17, 15) is 4.79 Å². The first-order chi connectivity index (χ1) is 12.9. The summed E-state index contributed by atoms with van der Waals surface area (Å²) in [5, 5.41) is 10.7. The van der Waals surface area contributed by atoms with E-state index in [4.69, 9.17) is 38.1 Å². The summed E-state index contributed by atoms with van der Waals surface area (Å²) in [7, 11) is 0. The lowest BCUT2D eigenvalue weighted by Gasteiger charge is -2.12. The predicted molar refractivity (Wildman–Crippen MR) is 110 cm³/mol. The normalized spacial score (nSPS) is 15.1. The average Bonchev–Trinajstić information content (AvgIpc) is 2.92. The van der Waals surface area contributed by atoms with Gasteiger partial charge in [0.1, 0.15) is 19.0 Å². The summed E-state index contributed by atoms with van der Waals surface area (Å²) < 4.78 is 11.3. The van der Waals surface area contributed by atoms with Gasteiger partial charge in [0, 0.05) is 0 Å². The Bertz CT molecular complexity index is 908. The molecule has 0 radical (unpaired) electrons. The molecule has 0 saturated carbocycles. The van der Waals surface area contributed by atoms with Crippen LogP contribution in [0.4, 0.5) is 0 Å². The number of hydrogen-bond acceptors (Lipinski definition) is 5. The summed E-state index contributed by atoms with van der Waals surface area (Å²) in [5.74, 6) is 0.856. The van der Waals surface area contributed by atoms with Crippen LogP contribution in [0.25, 0.3) is 6.08 Å². The van der Waals surface area contributed by atoms with Crippen molar-refractivity contribution in [1.29, 1.82) is 5.41 Å². The van der Waals surface area contributed by atoms with Gasteiger partial charge in [0.2, 0.25) is 0 Å². The minimum absolute atomic E-state index is 0.0945. The Balaban J connectivity index is 1.63. The summed E-state index contributed by atoms with van der Waals surface area (Å²) in [6.45, 7) is 2.60. The van der Waals surface area contributed by atoms with Crippen molar-refractivity contribution in [3.05, 3.63) is 62.5 Å². The highest BCUT2D eigenvalue weighted by atomic mass is 35.5. The molecule has 1 heterocycles. The van der Waals surface area contributed by atoms with Crippen LogP contribution < -0.4 is 14.8 Å². The fourth-order valence-corrected chi connectivity index (χ4v) is 3.72. The molecule has 1 saturated heterocycles. The number of ether oxygens (including phenoxy) is 2. The second-order valence-corrected chi connectivity index (χ2v) is 7.54. The van der Waals surface area contributed by atoms with Crippen LogP contribution in [0.15, 0.2) is 41.3 Å². The Morgan fingerprint density at radius 2 is 1.81 bits per heavy atom. The zero-order valence-corrected chi connectivity index (χ0v) is 16.7. The third-order valence-electron chi connectivity index (χ3n) is 3.66. The zero-order valence-electron chi connectivity index (χ0n) is 14.3. The maximum absolute atomic E-state index is 11.7. The van der Waals surface area contributed by atoms with E-state index in [0.29, 0.717) is 32.9 Å². The molecule has 3 rings (SSSR count). The summed E-state index contributed by atoms with van der Waals surface area (Å²) in [5.41, 5.74) is 1.70. The number of halogens is 2. The molecule has 0 unspecified atom stereocenters. The van der Waals surface area contributed by atoms with Crippen LogP contribution in [-0.2, 0) is 4.79 Å². The van der Waals surface area contributed by atoms with E-state index in [2.05, 4.69) is 5.32 Å². The second kappa shape index (κ2) is 8.69. The number of benzene rings is 2. The van der Waals surface area contributed by atoms with Crippen LogP contribution >= 0.6 is 35.0 Å². The molecule has 0 bridgehead atoms. The Hall–Kier alpha value is -2.15. The van der Waals surface area contributed by atoms with Gasteiger partial charge in [0.15, 0.2) is 10.9 Å². The van der Waals surface area contributed by atoms with Gasteiger partial charge in [-0.1, -0.05) is 41.4 Å². The molecular formula is C19H16Cl2N2O3S. The molecule has 27 heavy (non-hydrogen) atoms. The van der Waals surface area contributed by atoms with Gasteiger partial charge in [0.25, 0.3) is 5.91 Å². The van der Waals surface area contributed by atoms with Gasteiger partial charge in [-0.25, -0.2) is 0 Å². The summed E-state index contributed by atoms with van der Waals surface area (Å²) in [6, 6.07) is 11.1. The molecule has 1 aliphatic heterocycles. The van der Waals surface area contributed by atoms with Gasteiger partial charge in [-0.05, 0) is 54.1 Å². The molecule has 2 N–H and O–H groups in total. The molecule has 1 amide bonds. The maximum Gasteiger partial charge on any atom is 0.264 e. The fourth-order valence-electron chi connectivity index (χ4n) is 2.41. The number of carbonyl (C=O) groups excluding carboxylic acids is 1. The Morgan fingerprint density at radius 3 is 2.44 bits per heavy atom. The number of amides is 1. The first kappa shape index (κ1) is 19.6. The quantitative estimate of drug-likeness (QED) is 0.512. The largest absolute Gasteiger partial charge is 0.490 e. The number of rotatable bonds is 6. The standard InChI is InChI=1S/C19H16Cl2N2O3S/c1-11-4-2-3-5-15(11)25-6-7-26-17-13(20)8-12(9-14(17)21)10-16-18(24)23-19(22)27-16/h2-5,8-10H,6-7H2,1H3,(H2,22,23,24)/b16-10-. The Kier molecular flexibility index (Phi) is 6.31. The Labute approximate surface area is 171 Å². The topological polar surface area (TPSA) is 71.4 Å². The highest BCUT2D eigenvalue weighted by Gasteiger charge is 2.22. The summed E-state index contributed by atoms with van der Waals surface area (Å²) in [4.78, 5) is 12.1. The second-order valence-electron chi connectivity index (χ2n) is 5.67. The van der Waals surface area contributed by atoms with Crippen molar-refractivity contribution in [2.45, 2.75) is 6.92 Å². The monoisotopic (exact) mass is 422 g/mol. The minimum Gasteiger partial charge on any atom is -0.490 e. The lowest BCUT2D eigenvalue weighted by molar-refractivity contribution is -0.115. The lowest BCUT2D eigenvalue weighted by Crippen LogP contribution is -2.18. The molecule has 8 heteroatoms. The predicted octanol–water partition coefficient (Wildman–Crippen LogP) is 4.90. The number of carbonyl (C=O) groups is 1. The molecule has 2 aromatic carbocycles. The van der Waals surface area contributed by atoms with Crippen LogP contribution in [0.3, 0.4) is 0 Å². The van der Waals surface area contributed by atoms with E-state index in [1.165, 1.54) is 0 Å². The molecule has 0 atom stereocenters. The smallest absolute Gasteiger partial charge is 0.264 e. The molecule has 0 aliphatic carbocycles. The lowest BCUT2D eigenvalue weighted by atomic mass is 10.2. The summed E-state index contributed by atoms with van der Waals surface area (Å²) >= 11 is 13.6. The maximum atomic E-state index is 11.7. The van der Waals surface area contributed by atoms with Crippen molar-refractivity contribution in [2.24, 2.45) is 0 Å². The van der Waals surface area contributed by atoms with Crippen molar-refractivity contribution in [2.75, 3.05) is 13.2 Å². The average molecular weight is 423 g/mol. The molecule has 1 aliphatic rings. The third kappa shape index (κ3) is 4.97. The SMILES string of the molecule is Cc1ccccc1OCCOc1c(Cl)cc(/C=C2\SC(=N)NC2=O)cc1Cl. The highest BCUT2D eigenvalue weighted by molar-refractivity contribution is 8.18. The number of amidine groups is 1. The van der Waals surface area contributed by atoms with E-state index in [1.54, 1.807) is 18.2 Å². The van der Waals surface area contributed by atoms with Crippen LogP contribution in [0.5, 0.6) is 11.5 Å². The highest BCUT2D eigenvalue weighted by Crippen LogP contribution is 2.36. The molecular weight excluding hydrogens is 407 g/mol. The first-order valence-electron chi connectivity index (χ1n) is 8.04. The summed E-state index contributed by atoms with van der Waals surface area (Å²) in [6.07, 6.45) is 1.63.